The van der Waals surface area contributed by atoms with Crippen molar-refractivity contribution < 1.29 is 47.8 Å². The number of rotatable bonds is 38. The summed E-state index contributed by atoms with van der Waals surface area (Å²) in [6, 6.07) is 0. The van der Waals surface area contributed by atoms with Crippen molar-refractivity contribution in [3.05, 3.63) is 48.6 Å². The molecule has 0 saturated carbocycles. The minimum atomic E-state index is -4.63. The third-order valence-corrected chi connectivity index (χ3v) is 9.45. The molecule has 0 aliphatic rings. The molecule has 0 saturated heterocycles. The van der Waals surface area contributed by atoms with Crippen molar-refractivity contribution in [1.29, 1.82) is 0 Å². The van der Waals surface area contributed by atoms with Crippen molar-refractivity contribution in [3.8, 4) is 0 Å². The maximum absolute atomic E-state index is 12.6. The number of phosphoric acid groups is 1. The predicted octanol–water partition coefficient (Wildman–Crippen LogP) is 10.6. The number of aliphatic hydroxyl groups is 2. The van der Waals surface area contributed by atoms with Gasteiger partial charge in [-0.2, -0.15) is 0 Å². The lowest BCUT2D eigenvalue weighted by molar-refractivity contribution is -0.161. The smallest absolute Gasteiger partial charge is 0.462 e. The van der Waals surface area contributed by atoms with Gasteiger partial charge in [-0.05, 0) is 51.4 Å². The Morgan fingerprint density at radius 1 is 0.585 bits per heavy atom. The fourth-order valence-electron chi connectivity index (χ4n) is 5.34. The van der Waals surface area contributed by atoms with Gasteiger partial charge in [0.05, 0.1) is 19.8 Å². The molecule has 0 aliphatic carbocycles. The number of carbonyl (C=O) groups excluding carboxylic acids is 2. The molecule has 3 atom stereocenters. The predicted molar refractivity (Wildman–Crippen MR) is 214 cm³/mol. The first kappa shape index (κ1) is 50.9. The molecule has 0 spiro atoms. The number of carbonyl (C=O) groups is 2. The van der Waals surface area contributed by atoms with Crippen molar-refractivity contribution in [2.75, 3.05) is 26.4 Å². The van der Waals surface area contributed by atoms with Crippen molar-refractivity contribution in [1.82, 2.24) is 0 Å². The van der Waals surface area contributed by atoms with Gasteiger partial charge in [0.25, 0.3) is 0 Å². The van der Waals surface area contributed by atoms with Gasteiger partial charge in [-0.15, -0.1) is 0 Å². The molecule has 0 amide bonds. The second-order valence-electron chi connectivity index (χ2n) is 13.6. The van der Waals surface area contributed by atoms with E-state index in [1.165, 1.54) is 70.6 Å². The van der Waals surface area contributed by atoms with E-state index >= 15 is 0 Å². The minimum Gasteiger partial charge on any atom is -0.462 e. The third kappa shape index (κ3) is 38.0. The van der Waals surface area contributed by atoms with E-state index < -0.39 is 51.8 Å². The van der Waals surface area contributed by atoms with Crippen molar-refractivity contribution in [3.63, 3.8) is 0 Å². The lowest BCUT2D eigenvalue weighted by Crippen LogP contribution is -2.29. The minimum absolute atomic E-state index is 0.132. The summed E-state index contributed by atoms with van der Waals surface area (Å²) < 4.78 is 32.6. The van der Waals surface area contributed by atoms with E-state index in [4.69, 9.17) is 19.1 Å². The molecule has 0 bridgehead atoms. The van der Waals surface area contributed by atoms with Gasteiger partial charge in [-0.3, -0.25) is 18.6 Å². The average molecular weight is 771 g/mol. The normalized spacial score (nSPS) is 14.4. The molecule has 53 heavy (non-hydrogen) atoms. The number of esters is 2. The van der Waals surface area contributed by atoms with Gasteiger partial charge in [-0.25, -0.2) is 4.57 Å². The Hall–Kier alpha value is -2.07. The molecule has 0 radical (unpaired) electrons. The molecule has 0 aliphatic heterocycles. The summed E-state index contributed by atoms with van der Waals surface area (Å²) in [4.78, 5) is 34.9. The summed E-state index contributed by atoms with van der Waals surface area (Å²) in [5, 5.41) is 18.3. The van der Waals surface area contributed by atoms with Crippen LogP contribution in [-0.2, 0) is 32.7 Å². The highest BCUT2D eigenvalue weighted by atomic mass is 31.2. The van der Waals surface area contributed by atoms with E-state index in [1.807, 2.05) is 0 Å². The molecule has 0 aromatic carbocycles. The third-order valence-electron chi connectivity index (χ3n) is 8.50. The van der Waals surface area contributed by atoms with E-state index in [1.54, 1.807) is 0 Å². The summed E-state index contributed by atoms with van der Waals surface area (Å²) in [5.41, 5.74) is 0. The van der Waals surface area contributed by atoms with Gasteiger partial charge in [0.1, 0.15) is 12.7 Å². The van der Waals surface area contributed by atoms with Crippen LogP contribution in [0.1, 0.15) is 168 Å². The van der Waals surface area contributed by atoms with Gasteiger partial charge < -0.3 is 24.6 Å². The number of aliphatic hydroxyl groups excluding tert-OH is 2. The largest absolute Gasteiger partial charge is 0.472 e. The summed E-state index contributed by atoms with van der Waals surface area (Å²) in [5.74, 6) is -0.972. The molecule has 0 heterocycles. The average Bonchev–Trinajstić information content (AvgIpc) is 3.14. The van der Waals surface area contributed by atoms with Crippen molar-refractivity contribution in [2.45, 2.75) is 180 Å². The molecule has 1 unspecified atom stereocenters. The highest BCUT2D eigenvalue weighted by molar-refractivity contribution is 7.47. The molecule has 11 heteroatoms. The van der Waals surface area contributed by atoms with Crippen LogP contribution in [0.5, 0.6) is 0 Å². The number of hydrogen-bond acceptors (Lipinski definition) is 9. The molecular formula is C42H75O10P. The van der Waals surface area contributed by atoms with Crippen LogP contribution in [0.4, 0.5) is 0 Å². The first-order valence-corrected chi connectivity index (χ1v) is 22.1. The quantitative estimate of drug-likeness (QED) is 0.0240. The van der Waals surface area contributed by atoms with Gasteiger partial charge in [0.2, 0.25) is 0 Å². The second-order valence-corrected chi connectivity index (χ2v) is 15.1. The standard InChI is InChI=1S/C42H75O10P/c1-3-5-7-9-11-13-15-17-19-21-23-25-27-29-31-33-41(45)49-37-40(38-51-53(47,48)50-36-39(44)35-43)52-42(46)34-32-30-28-26-24-22-20-18-16-14-12-10-8-6-4-2/h6,8,12,14,18,20,24,26,39-40,43-44H,3-5,7,9-11,13,15-17,19,21-23,25,27-38H2,1-2H3,(H,47,48)/b8-6-,14-12-,20-18-,26-24-/t39-,40+/m0/s1. The Balaban J connectivity index is 4.39. The fourth-order valence-corrected chi connectivity index (χ4v) is 6.13. The van der Waals surface area contributed by atoms with E-state index in [-0.39, 0.29) is 19.4 Å². The van der Waals surface area contributed by atoms with Crippen molar-refractivity contribution in [2.24, 2.45) is 0 Å². The topological polar surface area (TPSA) is 149 Å². The first-order chi connectivity index (χ1) is 25.7. The van der Waals surface area contributed by atoms with Crippen LogP contribution in [0.3, 0.4) is 0 Å². The Morgan fingerprint density at radius 2 is 1.04 bits per heavy atom. The lowest BCUT2D eigenvalue weighted by Gasteiger charge is -2.20. The van der Waals surface area contributed by atoms with Crippen LogP contribution in [0.25, 0.3) is 0 Å². The lowest BCUT2D eigenvalue weighted by atomic mass is 10.0. The van der Waals surface area contributed by atoms with Crippen LogP contribution in [-0.4, -0.2) is 65.7 Å². The Labute approximate surface area is 322 Å². The molecule has 0 aromatic rings. The molecule has 10 nitrogen and oxygen atoms in total. The molecule has 3 N–H and O–H groups in total. The van der Waals surface area contributed by atoms with Gasteiger partial charge in [-0.1, -0.05) is 152 Å². The van der Waals surface area contributed by atoms with E-state index in [0.717, 1.165) is 57.8 Å². The number of allylic oxidation sites excluding steroid dienone is 8. The van der Waals surface area contributed by atoms with Crippen LogP contribution in [0.15, 0.2) is 48.6 Å². The fraction of sp³-hybridized carbons (Fsp3) is 0.762. The molecule has 0 fully saturated rings. The summed E-state index contributed by atoms with van der Waals surface area (Å²) in [7, 11) is -4.63. The summed E-state index contributed by atoms with van der Waals surface area (Å²) in [6.45, 7) is 2.21. The number of ether oxygens (including phenoxy) is 2. The number of unbranched alkanes of at least 4 members (excludes halogenated alkanes) is 16. The summed E-state index contributed by atoms with van der Waals surface area (Å²) >= 11 is 0. The molecular weight excluding hydrogens is 695 g/mol. The zero-order valence-electron chi connectivity index (χ0n) is 33.2. The number of hydrogen-bond donors (Lipinski definition) is 3. The molecule has 308 valence electrons. The second kappa shape index (κ2) is 38.2. The number of phosphoric ester groups is 1. The highest BCUT2D eigenvalue weighted by Gasteiger charge is 2.27. The van der Waals surface area contributed by atoms with Crippen LogP contribution in [0.2, 0.25) is 0 Å². The van der Waals surface area contributed by atoms with Gasteiger partial charge >= 0.3 is 19.8 Å². The Kier molecular flexibility index (Phi) is 36.7. The van der Waals surface area contributed by atoms with Gasteiger partial charge in [0.15, 0.2) is 6.10 Å². The zero-order valence-corrected chi connectivity index (χ0v) is 34.1. The maximum Gasteiger partial charge on any atom is 0.472 e. The monoisotopic (exact) mass is 771 g/mol. The van der Waals surface area contributed by atoms with Crippen molar-refractivity contribution >= 4 is 19.8 Å². The SMILES string of the molecule is CC/C=C\C/C=C\C/C=C\C/C=C\CCCCC(=O)O[C@H](COC(=O)CCCCCCCCCCCCCCCCC)COP(=O)(O)OC[C@@H](O)CO. The Morgan fingerprint density at radius 3 is 1.57 bits per heavy atom. The highest BCUT2D eigenvalue weighted by Crippen LogP contribution is 2.43. The molecule has 0 aromatic heterocycles. The van der Waals surface area contributed by atoms with Crippen LogP contribution in [0, 0.1) is 0 Å². The summed E-state index contributed by atoms with van der Waals surface area (Å²) in [6.07, 6.45) is 39.4. The van der Waals surface area contributed by atoms with E-state index in [2.05, 4.69) is 67.0 Å². The Bertz CT molecular complexity index is 1030. The van der Waals surface area contributed by atoms with E-state index in [9.17, 15) is 24.2 Å². The van der Waals surface area contributed by atoms with E-state index in [0.29, 0.717) is 12.8 Å². The molecule has 0 rings (SSSR count). The zero-order chi connectivity index (χ0) is 39.1. The van der Waals surface area contributed by atoms with Gasteiger partial charge in [0, 0.05) is 12.8 Å². The maximum atomic E-state index is 12.6. The van der Waals surface area contributed by atoms with Crippen LogP contribution >= 0.6 is 7.82 Å². The van der Waals surface area contributed by atoms with Crippen LogP contribution < -0.4 is 0 Å². The first-order valence-electron chi connectivity index (χ1n) is 20.6.